The summed E-state index contributed by atoms with van der Waals surface area (Å²) in [5.74, 6) is 0.119. The van der Waals surface area contributed by atoms with Gasteiger partial charge in [0.25, 0.3) is 0 Å². The average Bonchev–Trinajstić information content (AvgIpc) is 3.32. The predicted octanol–water partition coefficient (Wildman–Crippen LogP) is 5.42. The number of carbonyl (C=O) groups excluding carboxylic acids is 1. The summed E-state index contributed by atoms with van der Waals surface area (Å²) in [4.78, 5) is 18.4. The SMILES string of the molecule is CN(C)C(=O)Oc1cccc2c1CCC2N1CCN(C(c2ccc(F)cc2)c2ccc(F)cc2)CC1. The Bertz CT molecular complexity index is 1160. The number of rotatable bonds is 5. The third-order valence-corrected chi connectivity index (χ3v) is 7.28. The molecule has 1 fully saturated rings. The number of carbonyl (C=O) groups is 1. The van der Waals surface area contributed by atoms with Crippen LogP contribution in [0.1, 0.15) is 40.8 Å². The van der Waals surface area contributed by atoms with Gasteiger partial charge in [-0.15, -0.1) is 0 Å². The summed E-state index contributed by atoms with van der Waals surface area (Å²) >= 11 is 0. The predicted molar refractivity (Wildman–Crippen MR) is 135 cm³/mol. The van der Waals surface area contributed by atoms with Crippen LogP contribution in [0.3, 0.4) is 0 Å². The topological polar surface area (TPSA) is 36.0 Å². The van der Waals surface area contributed by atoms with E-state index in [-0.39, 0.29) is 29.8 Å². The molecule has 1 unspecified atom stereocenters. The molecule has 1 saturated heterocycles. The van der Waals surface area contributed by atoms with E-state index in [1.807, 2.05) is 36.4 Å². The summed E-state index contributed by atoms with van der Waals surface area (Å²) in [5.41, 5.74) is 4.35. The minimum Gasteiger partial charge on any atom is -0.410 e. The zero-order valence-corrected chi connectivity index (χ0v) is 20.7. The standard InChI is InChI=1S/C29H31F2N3O2/c1-32(2)29(35)36-27-5-3-4-24-25(27)14-15-26(24)33-16-18-34(19-17-33)28(20-6-10-22(30)11-7-20)21-8-12-23(31)13-9-21/h3-13,26,28H,14-19H2,1-2H3. The molecule has 3 aromatic rings. The van der Waals surface area contributed by atoms with Gasteiger partial charge >= 0.3 is 6.09 Å². The highest BCUT2D eigenvalue weighted by molar-refractivity contribution is 5.71. The molecule has 0 radical (unpaired) electrons. The number of piperazine rings is 1. The number of ether oxygens (including phenoxy) is 1. The Morgan fingerprint density at radius 2 is 1.47 bits per heavy atom. The Labute approximate surface area is 210 Å². The first-order valence-electron chi connectivity index (χ1n) is 12.4. The van der Waals surface area contributed by atoms with Crippen molar-refractivity contribution in [1.82, 2.24) is 14.7 Å². The van der Waals surface area contributed by atoms with Gasteiger partial charge in [0.1, 0.15) is 17.4 Å². The number of hydrogen-bond acceptors (Lipinski definition) is 4. The smallest absolute Gasteiger partial charge is 0.410 e. The van der Waals surface area contributed by atoms with Crippen molar-refractivity contribution in [3.05, 3.63) is 101 Å². The van der Waals surface area contributed by atoms with Gasteiger partial charge in [-0.05, 0) is 65.4 Å². The molecule has 1 atom stereocenters. The summed E-state index contributed by atoms with van der Waals surface area (Å²) in [5, 5.41) is 0. The second kappa shape index (κ2) is 10.4. The van der Waals surface area contributed by atoms with Gasteiger partial charge in [0, 0.05) is 46.3 Å². The summed E-state index contributed by atoms with van der Waals surface area (Å²) in [6.45, 7) is 3.43. The van der Waals surface area contributed by atoms with Crippen molar-refractivity contribution in [3.63, 3.8) is 0 Å². The number of amides is 1. The normalized spacial score (nSPS) is 18.3. The summed E-state index contributed by atoms with van der Waals surface area (Å²) < 4.78 is 32.9. The molecule has 0 spiro atoms. The molecule has 188 valence electrons. The monoisotopic (exact) mass is 491 g/mol. The molecular weight excluding hydrogens is 460 g/mol. The highest BCUT2D eigenvalue weighted by Gasteiger charge is 2.34. The maximum atomic E-state index is 13.6. The van der Waals surface area contributed by atoms with Crippen molar-refractivity contribution in [3.8, 4) is 5.75 Å². The van der Waals surface area contributed by atoms with Crippen LogP contribution in [0.4, 0.5) is 13.6 Å². The van der Waals surface area contributed by atoms with E-state index >= 15 is 0 Å². The lowest BCUT2D eigenvalue weighted by Gasteiger charge is -2.42. The van der Waals surface area contributed by atoms with Gasteiger partial charge in [0.15, 0.2) is 0 Å². The first-order chi connectivity index (χ1) is 17.4. The van der Waals surface area contributed by atoms with Gasteiger partial charge in [-0.1, -0.05) is 36.4 Å². The van der Waals surface area contributed by atoms with Crippen molar-refractivity contribution in [2.75, 3.05) is 40.3 Å². The van der Waals surface area contributed by atoms with Crippen LogP contribution in [0.2, 0.25) is 0 Å². The molecule has 5 rings (SSSR count). The molecule has 3 aromatic carbocycles. The van der Waals surface area contributed by atoms with E-state index in [1.165, 1.54) is 34.7 Å². The maximum absolute atomic E-state index is 13.6. The Hall–Kier alpha value is -3.29. The Balaban J connectivity index is 1.32. The van der Waals surface area contributed by atoms with E-state index in [2.05, 4.69) is 15.9 Å². The van der Waals surface area contributed by atoms with Crippen LogP contribution in [-0.4, -0.2) is 61.1 Å². The van der Waals surface area contributed by atoms with E-state index in [0.29, 0.717) is 5.75 Å². The van der Waals surface area contributed by atoms with Gasteiger partial charge < -0.3 is 9.64 Å². The summed E-state index contributed by atoms with van der Waals surface area (Å²) in [7, 11) is 3.36. The van der Waals surface area contributed by atoms with Crippen LogP contribution in [0.15, 0.2) is 66.7 Å². The van der Waals surface area contributed by atoms with Crippen LogP contribution < -0.4 is 4.74 Å². The van der Waals surface area contributed by atoms with Crippen LogP contribution in [0.5, 0.6) is 5.75 Å². The number of halogens is 2. The minimum atomic E-state index is -0.368. The minimum absolute atomic E-state index is 0.0683. The molecule has 36 heavy (non-hydrogen) atoms. The third-order valence-electron chi connectivity index (χ3n) is 7.28. The zero-order valence-electron chi connectivity index (χ0n) is 20.7. The quantitative estimate of drug-likeness (QED) is 0.478. The van der Waals surface area contributed by atoms with E-state index in [9.17, 15) is 13.6 Å². The van der Waals surface area contributed by atoms with Gasteiger partial charge in [-0.25, -0.2) is 13.6 Å². The molecule has 1 heterocycles. The zero-order chi connectivity index (χ0) is 25.2. The fourth-order valence-corrected chi connectivity index (χ4v) is 5.47. The Kier molecular flexibility index (Phi) is 7.03. The lowest BCUT2D eigenvalue weighted by atomic mass is 9.96. The van der Waals surface area contributed by atoms with Crippen molar-refractivity contribution >= 4 is 6.09 Å². The number of benzene rings is 3. The molecule has 0 saturated carbocycles. The van der Waals surface area contributed by atoms with Crippen molar-refractivity contribution in [1.29, 1.82) is 0 Å². The maximum Gasteiger partial charge on any atom is 0.414 e. The second-order valence-corrected chi connectivity index (χ2v) is 9.72. The number of hydrogen-bond donors (Lipinski definition) is 0. The van der Waals surface area contributed by atoms with Crippen molar-refractivity contribution < 1.29 is 18.3 Å². The van der Waals surface area contributed by atoms with E-state index in [4.69, 9.17) is 4.74 Å². The fraction of sp³-hybridized carbons (Fsp3) is 0.345. The lowest BCUT2D eigenvalue weighted by Crippen LogP contribution is -2.48. The molecule has 2 aliphatic rings. The summed E-state index contributed by atoms with van der Waals surface area (Å²) in [6.07, 6.45) is 1.50. The van der Waals surface area contributed by atoms with Crippen LogP contribution in [0.25, 0.3) is 0 Å². The lowest BCUT2D eigenvalue weighted by molar-refractivity contribution is 0.0786. The second-order valence-electron chi connectivity index (χ2n) is 9.72. The van der Waals surface area contributed by atoms with E-state index < -0.39 is 0 Å². The third kappa shape index (κ3) is 4.99. The Morgan fingerprint density at radius 3 is 2.03 bits per heavy atom. The van der Waals surface area contributed by atoms with Crippen molar-refractivity contribution in [2.24, 2.45) is 0 Å². The van der Waals surface area contributed by atoms with E-state index in [1.54, 1.807) is 14.1 Å². The molecular formula is C29H31F2N3O2. The van der Waals surface area contributed by atoms with Gasteiger partial charge in [-0.3, -0.25) is 9.80 Å². The average molecular weight is 492 g/mol. The van der Waals surface area contributed by atoms with Gasteiger partial charge in [-0.2, -0.15) is 0 Å². The molecule has 1 amide bonds. The number of nitrogens with zero attached hydrogens (tertiary/aromatic N) is 3. The summed E-state index contributed by atoms with van der Waals surface area (Å²) in [6, 6.07) is 19.4. The highest BCUT2D eigenvalue weighted by atomic mass is 19.1. The molecule has 7 heteroatoms. The largest absolute Gasteiger partial charge is 0.414 e. The number of fused-ring (bicyclic) bond motifs is 1. The highest BCUT2D eigenvalue weighted by Crippen LogP contribution is 2.41. The molecule has 5 nitrogen and oxygen atoms in total. The van der Waals surface area contributed by atoms with Crippen molar-refractivity contribution in [2.45, 2.75) is 24.9 Å². The first kappa shape index (κ1) is 24.4. The van der Waals surface area contributed by atoms with Crippen LogP contribution in [-0.2, 0) is 6.42 Å². The van der Waals surface area contributed by atoms with E-state index in [0.717, 1.165) is 55.7 Å². The van der Waals surface area contributed by atoms with Gasteiger partial charge in [0.05, 0.1) is 6.04 Å². The Morgan fingerprint density at radius 1 is 0.889 bits per heavy atom. The first-order valence-corrected chi connectivity index (χ1v) is 12.4. The van der Waals surface area contributed by atoms with Crippen LogP contribution in [0, 0.1) is 11.6 Å². The molecule has 1 aliphatic carbocycles. The molecule has 0 aromatic heterocycles. The molecule has 0 bridgehead atoms. The molecule has 0 N–H and O–H groups in total. The molecule has 1 aliphatic heterocycles. The fourth-order valence-electron chi connectivity index (χ4n) is 5.47. The van der Waals surface area contributed by atoms with Crippen LogP contribution >= 0.6 is 0 Å². The van der Waals surface area contributed by atoms with Gasteiger partial charge in [0.2, 0.25) is 0 Å².